The number of hydrogen-bond acceptors (Lipinski definition) is 2. The van der Waals surface area contributed by atoms with Crippen LogP contribution in [0.25, 0.3) is 0 Å². The average Bonchev–Trinajstić information content (AvgIpc) is 2.62. The molecule has 0 radical (unpaired) electrons. The fourth-order valence-corrected chi connectivity index (χ4v) is 3.59. The molecule has 1 fully saturated rings. The lowest BCUT2D eigenvalue weighted by molar-refractivity contribution is 0.208. The van der Waals surface area contributed by atoms with Crippen molar-refractivity contribution in [1.82, 2.24) is 4.90 Å². The maximum absolute atomic E-state index is 12.6. The van der Waals surface area contributed by atoms with E-state index in [1.54, 1.807) is 0 Å². The van der Waals surface area contributed by atoms with E-state index in [4.69, 9.17) is 0 Å². The number of carbonyl (C=O) groups is 1. The number of nitrogens with one attached hydrogen (secondary N) is 1. The number of piperazine rings is 1. The van der Waals surface area contributed by atoms with Gasteiger partial charge in [0.2, 0.25) is 0 Å². The lowest BCUT2D eigenvalue weighted by Gasteiger charge is -2.37. The van der Waals surface area contributed by atoms with Crippen LogP contribution in [0.3, 0.4) is 0 Å². The number of hydrogen-bond donors (Lipinski definition) is 1. The summed E-state index contributed by atoms with van der Waals surface area (Å²) in [7, 11) is 0. The Hall–Kier alpha value is -2.49. The first-order chi connectivity index (χ1) is 12.5. The number of benzene rings is 2. The van der Waals surface area contributed by atoms with Crippen molar-refractivity contribution >= 4 is 17.4 Å². The van der Waals surface area contributed by atoms with Crippen LogP contribution in [0.1, 0.15) is 36.5 Å². The summed E-state index contributed by atoms with van der Waals surface area (Å²) in [5.41, 5.74) is 6.06. The third-order valence-electron chi connectivity index (χ3n) is 5.15. The minimum atomic E-state index is -0.0107. The molecule has 0 aliphatic carbocycles. The van der Waals surface area contributed by atoms with Gasteiger partial charge in [0.1, 0.15) is 0 Å². The van der Waals surface area contributed by atoms with E-state index in [1.807, 2.05) is 17.0 Å². The summed E-state index contributed by atoms with van der Waals surface area (Å²) < 4.78 is 0. The molecule has 138 valence electrons. The zero-order valence-electron chi connectivity index (χ0n) is 16.2. The highest BCUT2D eigenvalue weighted by Gasteiger charge is 2.23. The fourth-order valence-electron chi connectivity index (χ4n) is 3.59. The third kappa shape index (κ3) is 4.01. The number of amides is 2. The number of para-hydroxylation sites is 1. The van der Waals surface area contributed by atoms with Gasteiger partial charge in [0.05, 0.1) is 0 Å². The quantitative estimate of drug-likeness (QED) is 0.864. The van der Waals surface area contributed by atoms with Crippen molar-refractivity contribution in [2.45, 2.75) is 33.6 Å². The van der Waals surface area contributed by atoms with Crippen LogP contribution in [0.5, 0.6) is 0 Å². The summed E-state index contributed by atoms with van der Waals surface area (Å²) in [4.78, 5) is 16.9. The molecule has 0 atom stereocenters. The lowest BCUT2D eigenvalue weighted by atomic mass is 10.0. The molecule has 1 aliphatic heterocycles. The Bertz CT molecular complexity index is 739. The van der Waals surface area contributed by atoms with Gasteiger partial charge in [-0.3, -0.25) is 0 Å². The fraction of sp³-hybridized carbons (Fsp3) is 0.409. The second-order valence-corrected chi connectivity index (χ2v) is 7.42. The van der Waals surface area contributed by atoms with Gasteiger partial charge < -0.3 is 15.1 Å². The van der Waals surface area contributed by atoms with Crippen molar-refractivity contribution in [3.63, 3.8) is 0 Å². The molecule has 3 rings (SSSR count). The first-order valence-corrected chi connectivity index (χ1v) is 9.43. The highest BCUT2D eigenvalue weighted by molar-refractivity contribution is 5.89. The van der Waals surface area contributed by atoms with Crippen LogP contribution < -0.4 is 10.2 Å². The molecule has 0 spiro atoms. The van der Waals surface area contributed by atoms with Crippen molar-refractivity contribution < 1.29 is 4.79 Å². The smallest absolute Gasteiger partial charge is 0.321 e. The van der Waals surface area contributed by atoms with Crippen molar-refractivity contribution in [1.29, 1.82) is 0 Å². The van der Waals surface area contributed by atoms with Crippen molar-refractivity contribution in [2.24, 2.45) is 0 Å². The van der Waals surface area contributed by atoms with Gasteiger partial charge in [-0.2, -0.15) is 0 Å². The van der Waals surface area contributed by atoms with Crippen LogP contribution in [0, 0.1) is 13.8 Å². The van der Waals surface area contributed by atoms with E-state index < -0.39 is 0 Å². The molecule has 1 aliphatic rings. The monoisotopic (exact) mass is 351 g/mol. The van der Waals surface area contributed by atoms with Crippen molar-refractivity contribution in [2.75, 3.05) is 36.4 Å². The van der Waals surface area contributed by atoms with Gasteiger partial charge in [-0.25, -0.2) is 4.79 Å². The first-order valence-electron chi connectivity index (χ1n) is 9.43. The summed E-state index contributed by atoms with van der Waals surface area (Å²) in [6, 6.07) is 14.5. The van der Waals surface area contributed by atoms with E-state index in [1.165, 1.54) is 22.4 Å². The predicted molar refractivity (Wildman–Crippen MR) is 109 cm³/mol. The molecule has 0 unspecified atom stereocenters. The summed E-state index contributed by atoms with van der Waals surface area (Å²) >= 11 is 0. The number of rotatable bonds is 3. The van der Waals surface area contributed by atoms with Gasteiger partial charge in [0, 0.05) is 37.6 Å². The third-order valence-corrected chi connectivity index (χ3v) is 5.15. The Labute approximate surface area is 156 Å². The number of anilines is 2. The zero-order chi connectivity index (χ0) is 18.7. The van der Waals surface area contributed by atoms with Crippen LogP contribution in [0.2, 0.25) is 0 Å². The molecule has 4 heteroatoms. The molecule has 4 nitrogen and oxygen atoms in total. The van der Waals surface area contributed by atoms with Crippen LogP contribution in [-0.2, 0) is 0 Å². The maximum Gasteiger partial charge on any atom is 0.321 e. The molecule has 0 bridgehead atoms. The zero-order valence-corrected chi connectivity index (χ0v) is 16.2. The Morgan fingerprint density at radius 1 is 0.923 bits per heavy atom. The van der Waals surface area contributed by atoms with E-state index in [0.717, 1.165) is 31.9 Å². The van der Waals surface area contributed by atoms with E-state index in [2.05, 4.69) is 68.2 Å². The number of nitrogens with zero attached hydrogens (tertiary/aromatic N) is 2. The van der Waals surface area contributed by atoms with Crippen LogP contribution in [0.15, 0.2) is 42.5 Å². The SMILES string of the molecule is Cc1cccc(C)c1N1CCN(C(=O)Nc2ccc(C(C)C)cc2)CC1. The molecular formula is C22H29N3O. The van der Waals surface area contributed by atoms with E-state index >= 15 is 0 Å². The molecule has 1 saturated heterocycles. The average molecular weight is 351 g/mol. The number of aryl methyl sites for hydroxylation is 2. The lowest BCUT2D eigenvalue weighted by Crippen LogP contribution is -2.50. The number of carbonyl (C=O) groups excluding carboxylic acids is 1. The first kappa shape index (κ1) is 18.3. The molecular weight excluding hydrogens is 322 g/mol. The van der Waals surface area contributed by atoms with E-state index in [0.29, 0.717) is 5.92 Å². The van der Waals surface area contributed by atoms with Crippen molar-refractivity contribution in [3.05, 3.63) is 59.2 Å². The Morgan fingerprint density at radius 3 is 2.04 bits per heavy atom. The minimum absolute atomic E-state index is 0.0107. The molecule has 0 aromatic heterocycles. The molecule has 26 heavy (non-hydrogen) atoms. The molecule has 1 heterocycles. The van der Waals surface area contributed by atoms with Gasteiger partial charge in [0.15, 0.2) is 0 Å². The molecule has 2 aromatic rings. The molecule has 0 saturated carbocycles. The van der Waals surface area contributed by atoms with Gasteiger partial charge in [-0.15, -0.1) is 0 Å². The van der Waals surface area contributed by atoms with E-state index in [9.17, 15) is 4.79 Å². The van der Waals surface area contributed by atoms with Crippen LogP contribution >= 0.6 is 0 Å². The summed E-state index contributed by atoms with van der Waals surface area (Å²) in [6.07, 6.45) is 0. The Kier molecular flexibility index (Phi) is 5.50. The normalized spacial score (nSPS) is 14.7. The van der Waals surface area contributed by atoms with Gasteiger partial charge in [-0.1, -0.05) is 44.2 Å². The van der Waals surface area contributed by atoms with Crippen LogP contribution in [0.4, 0.5) is 16.2 Å². The maximum atomic E-state index is 12.6. The van der Waals surface area contributed by atoms with Gasteiger partial charge in [-0.05, 0) is 48.6 Å². The topological polar surface area (TPSA) is 35.6 Å². The number of urea groups is 1. The Morgan fingerprint density at radius 2 is 1.50 bits per heavy atom. The minimum Gasteiger partial charge on any atom is -0.368 e. The highest BCUT2D eigenvalue weighted by atomic mass is 16.2. The Balaban J connectivity index is 1.58. The predicted octanol–water partition coefficient (Wildman–Crippen LogP) is 4.78. The summed E-state index contributed by atoms with van der Waals surface area (Å²) in [6.45, 7) is 11.9. The standard InChI is InChI=1S/C22H29N3O/c1-16(2)19-8-10-20(11-9-19)23-22(26)25-14-12-24(13-15-25)21-17(3)6-5-7-18(21)4/h5-11,16H,12-15H2,1-4H3,(H,23,26). The summed E-state index contributed by atoms with van der Waals surface area (Å²) in [5, 5.41) is 3.02. The van der Waals surface area contributed by atoms with Crippen molar-refractivity contribution in [3.8, 4) is 0 Å². The summed E-state index contributed by atoms with van der Waals surface area (Å²) in [5.74, 6) is 0.498. The van der Waals surface area contributed by atoms with Gasteiger partial charge >= 0.3 is 6.03 Å². The van der Waals surface area contributed by atoms with E-state index in [-0.39, 0.29) is 6.03 Å². The molecule has 1 N–H and O–H groups in total. The molecule has 2 amide bonds. The largest absolute Gasteiger partial charge is 0.368 e. The second-order valence-electron chi connectivity index (χ2n) is 7.42. The second kappa shape index (κ2) is 7.81. The highest BCUT2D eigenvalue weighted by Crippen LogP contribution is 2.25. The molecule has 2 aromatic carbocycles. The van der Waals surface area contributed by atoms with Crippen LogP contribution in [-0.4, -0.2) is 37.1 Å². The van der Waals surface area contributed by atoms with Gasteiger partial charge in [0.25, 0.3) is 0 Å².